The van der Waals surface area contributed by atoms with Gasteiger partial charge in [0.15, 0.2) is 0 Å². The quantitative estimate of drug-likeness (QED) is 0.573. The van der Waals surface area contributed by atoms with Crippen molar-refractivity contribution < 1.29 is 18.0 Å². The second-order valence-corrected chi connectivity index (χ2v) is 7.18. The molecule has 1 amide bonds. The number of nitrogens with zero attached hydrogens (tertiary/aromatic N) is 2. The largest absolute Gasteiger partial charge is 0.416 e. The van der Waals surface area contributed by atoms with Crippen molar-refractivity contribution in [2.24, 2.45) is 0 Å². The maximum atomic E-state index is 13.0. The van der Waals surface area contributed by atoms with Crippen LogP contribution in [0.3, 0.4) is 0 Å². The third-order valence-electron chi connectivity index (χ3n) is 4.89. The fraction of sp³-hybridized carbons (Fsp3) is 0.318. The van der Waals surface area contributed by atoms with Gasteiger partial charge in [-0.1, -0.05) is 38.0 Å². The van der Waals surface area contributed by atoms with E-state index >= 15 is 0 Å². The average molecular weight is 433 g/mol. The molecule has 1 heterocycles. The predicted molar refractivity (Wildman–Crippen MR) is 112 cm³/mol. The summed E-state index contributed by atoms with van der Waals surface area (Å²) in [6.07, 6.45) is -2.15. The van der Waals surface area contributed by atoms with Crippen molar-refractivity contribution >= 4 is 22.5 Å². The normalized spacial score (nSPS) is 11.6. The lowest BCUT2D eigenvalue weighted by Crippen LogP contribution is -2.41. The maximum absolute atomic E-state index is 13.0. The van der Waals surface area contributed by atoms with Gasteiger partial charge in [0.05, 0.1) is 16.5 Å². The minimum absolute atomic E-state index is 0.0338. The fourth-order valence-electron chi connectivity index (χ4n) is 3.36. The van der Waals surface area contributed by atoms with Crippen LogP contribution in [0.1, 0.15) is 31.7 Å². The molecule has 0 aliphatic carbocycles. The van der Waals surface area contributed by atoms with Crippen LogP contribution in [0.5, 0.6) is 0 Å². The number of carbonyl (C=O) groups is 1. The van der Waals surface area contributed by atoms with Gasteiger partial charge in [-0.25, -0.2) is 4.79 Å². The Morgan fingerprint density at radius 3 is 2.45 bits per heavy atom. The fourth-order valence-corrected chi connectivity index (χ4v) is 3.36. The maximum Gasteiger partial charge on any atom is 0.416 e. The number of aromatic nitrogens is 2. The molecule has 31 heavy (non-hydrogen) atoms. The molecular formula is C22H22F3N3O3. The van der Waals surface area contributed by atoms with Crippen LogP contribution in [0.4, 0.5) is 18.9 Å². The van der Waals surface area contributed by atoms with E-state index in [1.807, 2.05) is 6.92 Å². The number of alkyl halides is 3. The molecule has 0 spiro atoms. The number of carbonyl (C=O) groups excluding carboxylic acids is 1. The van der Waals surface area contributed by atoms with Crippen LogP contribution in [-0.4, -0.2) is 15.0 Å². The monoisotopic (exact) mass is 433 g/mol. The van der Waals surface area contributed by atoms with Crippen LogP contribution in [0.2, 0.25) is 0 Å². The van der Waals surface area contributed by atoms with Gasteiger partial charge in [-0.2, -0.15) is 13.2 Å². The molecule has 6 nitrogen and oxygen atoms in total. The highest BCUT2D eigenvalue weighted by Crippen LogP contribution is 2.30. The lowest BCUT2D eigenvalue weighted by atomic mass is 10.2. The molecule has 3 aromatic rings. The molecular weight excluding hydrogens is 411 g/mol. The first-order valence-electron chi connectivity index (χ1n) is 9.92. The summed E-state index contributed by atoms with van der Waals surface area (Å²) in [5, 5.41) is 2.69. The van der Waals surface area contributed by atoms with E-state index in [2.05, 4.69) is 5.32 Å². The van der Waals surface area contributed by atoms with E-state index < -0.39 is 35.4 Å². The van der Waals surface area contributed by atoms with Crippen molar-refractivity contribution in [2.75, 3.05) is 5.32 Å². The van der Waals surface area contributed by atoms with Gasteiger partial charge < -0.3 is 5.32 Å². The Balaban J connectivity index is 1.94. The number of anilines is 1. The third-order valence-corrected chi connectivity index (χ3v) is 4.89. The summed E-state index contributed by atoms with van der Waals surface area (Å²) in [5.74, 6) is -0.676. The molecule has 0 saturated heterocycles. The van der Waals surface area contributed by atoms with Gasteiger partial charge in [-0.05, 0) is 36.8 Å². The zero-order valence-corrected chi connectivity index (χ0v) is 16.9. The number of hydrogen-bond acceptors (Lipinski definition) is 3. The molecule has 0 bridgehead atoms. The zero-order valence-electron chi connectivity index (χ0n) is 16.9. The van der Waals surface area contributed by atoms with Crippen molar-refractivity contribution in [2.45, 2.75) is 45.5 Å². The minimum Gasteiger partial charge on any atom is -0.325 e. The highest BCUT2D eigenvalue weighted by molar-refractivity contribution is 5.91. The second-order valence-electron chi connectivity index (χ2n) is 7.18. The molecule has 3 rings (SSSR count). The molecule has 0 atom stereocenters. The first-order chi connectivity index (χ1) is 14.7. The first kappa shape index (κ1) is 22.3. The molecule has 0 fully saturated rings. The van der Waals surface area contributed by atoms with E-state index in [0.717, 1.165) is 29.5 Å². The Bertz CT molecular complexity index is 1210. The van der Waals surface area contributed by atoms with Crippen LogP contribution < -0.4 is 16.6 Å². The molecule has 0 saturated carbocycles. The molecule has 9 heteroatoms. The molecule has 0 aliphatic heterocycles. The van der Waals surface area contributed by atoms with Crippen molar-refractivity contribution in [1.29, 1.82) is 0 Å². The number of fused-ring (bicyclic) bond motifs is 1. The highest BCUT2D eigenvalue weighted by Gasteiger charge is 2.30. The lowest BCUT2D eigenvalue weighted by Gasteiger charge is -2.14. The molecule has 0 radical (unpaired) electrons. The van der Waals surface area contributed by atoms with Crippen LogP contribution in [-0.2, 0) is 24.1 Å². The molecule has 1 N–H and O–H groups in total. The van der Waals surface area contributed by atoms with Gasteiger partial charge in [0.25, 0.3) is 5.56 Å². The first-order valence-corrected chi connectivity index (χ1v) is 9.92. The third kappa shape index (κ3) is 5.04. The number of benzene rings is 2. The van der Waals surface area contributed by atoms with E-state index in [1.54, 1.807) is 24.3 Å². The number of unbranched alkanes of at least 4 members (excludes halogenated alkanes) is 2. The summed E-state index contributed by atoms with van der Waals surface area (Å²) < 4.78 is 41.0. The Labute approximate surface area is 175 Å². The molecule has 2 aromatic carbocycles. The zero-order chi connectivity index (χ0) is 22.6. The topological polar surface area (TPSA) is 73.1 Å². The van der Waals surface area contributed by atoms with Crippen LogP contribution in [0.15, 0.2) is 58.1 Å². The van der Waals surface area contributed by atoms with Gasteiger partial charge in [0.2, 0.25) is 5.91 Å². The molecule has 164 valence electrons. The highest BCUT2D eigenvalue weighted by atomic mass is 19.4. The van der Waals surface area contributed by atoms with Crippen molar-refractivity contribution in [3.63, 3.8) is 0 Å². The number of para-hydroxylation sites is 1. The predicted octanol–water partition coefficient (Wildman–Crippen LogP) is 4.01. The van der Waals surface area contributed by atoms with Gasteiger partial charge in [0, 0.05) is 12.2 Å². The standard InChI is InChI=1S/C22H22F3N3O3/c1-2-3-6-12-27-20(30)17-10-4-5-11-18(17)28(21(27)31)14-19(29)26-16-9-7-8-15(13-16)22(23,24)25/h4-5,7-11,13H,2-3,6,12,14H2,1H3,(H,26,29). The number of halogens is 3. The van der Waals surface area contributed by atoms with Gasteiger partial charge in [-0.15, -0.1) is 0 Å². The van der Waals surface area contributed by atoms with Gasteiger partial charge >= 0.3 is 11.9 Å². The number of rotatable bonds is 7. The summed E-state index contributed by atoms with van der Waals surface area (Å²) >= 11 is 0. The summed E-state index contributed by atoms with van der Waals surface area (Å²) in [5.41, 5.74) is -1.68. The van der Waals surface area contributed by atoms with Gasteiger partial charge in [0.1, 0.15) is 6.54 Å². The van der Waals surface area contributed by atoms with E-state index in [4.69, 9.17) is 0 Å². The Kier molecular flexibility index (Phi) is 6.62. The van der Waals surface area contributed by atoms with Crippen LogP contribution in [0.25, 0.3) is 10.9 Å². The van der Waals surface area contributed by atoms with Crippen molar-refractivity contribution in [3.05, 3.63) is 74.9 Å². The van der Waals surface area contributed by atoms with E-state index in [0.29, 0.717) is 17.3 Å². The number of hydrogen-bond donors (Lipinski definition) is 1. The Morgan fingerprint density at radius 2 is 1.74 bits per heavy atom. The summed E-state index contributed by atoms with van der Waals surface area (Å²) in [7, 11) is 0. The second kappa shape index (κ2) is 9.20. The molecule has 0 unspecified atom stereocenters. The van der Waals surface area contributed by atoms with Crippen molar-refractivity contribution in [1.82, 2.24) is 9.13 Å². The van der Waals surface area contributed by atoms with E-state index in [1.165, 1.54) is 16.7 Å². The number of nitrogens with one attached hydrogen (secondary N) is 1. The SMILES string of the molecule is CCCCCn1c(=O)c2ccccc2n(CC(=O)Nc2cccc(C(F)(F)F)c2)c1=O. The van der Waals surface area contributed by atoms with Gasteiger partial charge in [-0.3, -0.25) is 18.7 Å². The number of amides is 1. The smallest absolute Gasteiger partial charge is 0.325 e. The van der Waals surface area contributed by atoms with E-state index in [-0.39, 0.29) is 12.2 Å². The van der Waals surface area contributed by atoms with E-state index in [9.17, 15) is 27.6 Å². The summed E-state index contributed by atoms with van der Waals surface area (Å²) in [6.45, 7) is 1.79. The van der Waals surface area contributed by atoms with Crippen LogP contribution >= 0.6 is 0 Å². The molecule has 0 aliphatic rings. The lowest BCUT2D eigenvalue weighted by molar-refractivity contribution is -0.137. The summed E-state index contributed by atoms with van der Waals surface area (Å²) in [6, 6.07) is 10.7. The molecule has 1 aromatic heterocycles. The summed E-state index contributed by atoms with van der Waals surface area (Å²) in [4.78, 5) is 38.3. The Morgan fingerprint density at radius 1 is 1.00 bits per heavy atom. The van der Waals surface area contributed by atoms with Crippen LogP contribution in [0, 0.1) is 0 Å². The average Bonchev–Trinajstić information content (AvgIpc) is 2.73. The minimum atomic E-state index is -4.54. The van der Waals surface area contributed by atoms with Crippen molar-refractivity contribution in [3.8, 4) is 0 Å². The Hall–Kier alpha value is -3.36.